The van der Waals surface area contributed by atoms with Crippen molar-refractivity contribution in [3.63, 3.8) is 0 Å². The van der Waals surface area contributed by atoms with Gasteiger partial charge in [0.2, 0.25) is 5.91 Å². The number of thiophene rings is 2. The van der Waals surface area contributed by atoms with E-state index < -0.39 is 12.0 Å². The maximum Gasteiger partial charge on any atom is 0.307 e. The molecule has 26 heavy (non-hydrogen) atoms. The summed E-state index contributed by atoms with van der Waals surface area (Å²) in [5, 5.41) is 7.10. The van der Waals surface area contributed by atoms with Crippen molar-refractivity contribution in [2.75, 3.05) is 7.11 Å². The number of nitrogens with zero attached hydrogens (tertiary/aromatic N) is 2. The number of nitrogens with one attached hydrogen (secondary N) is 1. The molecule has 0 spiro atoms. The number of methoxy groups -OCH3 is 1. The lowest BCUT2D eigenvalue weighted by Crippen LogP contribution is -2.31. The minimum Gasteiger partial charge on any atom is -0.469 e. The average Bonchev–Trinajstić information content (AvgIpc) is 3.32. The fraction of sp³-hybridized carbons (Fsp3) is 0.294. The molecule has 3 rings (SSSR count). The molecule has 9 heteroatoms. The molecule has 0 aliphatic heterocycles. The molecule has 0 fully saturated rings. The molecule has 7 nitrogen and oxygen atoms in total. The third-order valence-electron chi connectivity index (χ3n) is 3.85. The van der Waals surface area contributed by atoms with Crippen LogP contribution >= 0.6 is 22.7 Å². The van der Waals surface area contributed by atoms with E-state index in [1.807, 2.05) is 22.9 Å². The molecule has 1 unspecified atom stereocenters. The zero-order chi connectivity index (χ0) is 18.5. The molecule has 3 aromatic rings. The first kappa shape index (κ1) is 18.3. The fourth-order valence-electron chi connectivity index (χ4n) is 2.50. The maximum atomic E-state index is 12.3. The second-order valence-corrected chi connectivity index (χ2v) is 7.42. The quantitative estimate of drug-likeness (QED) is 0.624. The summed E-state index contributed by atoms with van der Waals surface area (Å²) in [7, 11) is 1.32. The number of esters is 1. The Balaban J connectivity index is 1.65. The predicted octanol–water partition coefficient (Wildman–Crippen LogP) is 2.33. The molecule has 1 atom stereocenters. The van der Waals surface area contributed by atoms with Crippen LogP contribution < -0.4 is 10.9 Å². The predicted molar refractivity (Wildman–Crippen MR) is 100 cm³/mol. The number of hydrogen-bond acceptors (Lipinski definition) is 7. The van der Waals surface area contributed by atoms with E-state index in [1.54, 1.807) is 6.07 Å². The lowest BCUT2D eigenvalue weighted by molar-refractivity contribution is -0.141. The highest BCUT2D eigenvalue weighted by molar-refractivity contribution is 7.16. The van der Waals surface area contributed by atoms with Crippen LogP contribution in [0.15, 0.2) is 40.1 Å². The van der Waals surface area contributed by atoms with E-state index in [1.165, 1.54) is 40.7 Å². The smallest absolute Gasteiger partial charge is 0.307 e. The van der Waals surface area contributed by atoms with Gasteiger partial charge in [0.15, 0.2) is 0 Å². The first-order valence-electron chi connectivity index (χ1n) is 7.90. The van der Waals surface area contributed by atoms with E-state index in [0.29, 0.717) is 10.2 Å². The summed E-state index contributed by atoms with van der Waals surface area (Å²) in [5.41, 5.74) is -0.159. The van der Waals surface area contributed by atoms with Gasteiger partial charge in [-0.3, -0.25) is 19.0 Å². The largest absolute Gasteiger partial charge is 0.469 e. The Labute approximate surface area is 157 Å². The average molecular weight is 391 g/mol. The van der Waals surface area contributed by atoms with Crippen LogP contribution in [0.4, 0.5) is 0 Å². The third-order valence-corrected chi connectivity index (χ3v) is 5.66. The number of rotatable bonds is 7. The van der Waals surface area contributed by atoms with E-state index in [9.17, 15) is 14.4 Å². The van der Waals surface area contributed by atoms with Gasteiger partial charge in [-0.15, -0.1) is 22.7 Å². The van der Waals surface area contributed by atoms with Crippen molar-refractivity contribution in [3.05, 3.63) is 50.5 Å². The van der Waals surface area contributed by atoms with Gasteiger partial charge in [0.1, 0.15) is 4.83 Å². The normalized spacial score (nSPS) is 12.0. The van der Waals surface area contributed by atoms with E-state index in [4.69, 9.17) is 4.74 Å². The van der Waals surface area contributed by atoms with Crippen LogP contribution in [0.25, 0.3) is 10.2 Å². The number of amides is 1. The van der Waals surface area contributed by atoms with Crippen LogP contribution in [0.2, 0.25) is 0 Å². The van der Waals surface area contributed by atoms with Crippen molar-refractivity contribution in [3.8, 4) is 0 Å². The summed E-state index contributed by atoms with van der Waals surface area (Å²) in [6.45, 7) is 0.221. The second kappa shape index (κ2) is 8.24. The molecule has 1 amide bonds. The van der Waals surface area contributed by atoms with E-state index in [0.717, 1.165) is 4.88 Å². The monoisotopic (exact) mass is 391 g/mol. The molecular weight excluding hydrogens is 374 g/mol. The second-order valence-electron chi connectivity index (χ2n) is 5.55. The molecule has 0 aromatic carbocycles. The zero-order valence-electron chi connectivity index (χ0n) is 14.0. The Morgan fingerprint density at radius 3 is 2.88 bits per heavy atom. The van der Waals surface area contributed by atoms with Crippen molar-refractivity contribution in [1.29, 1.82) is 0 Å². The molecule has 0 radical (unpaired) electrons. The van der Waals surface area contributed by atoms with Crippen molar-refractivity contribution in [2.45, 2.75) is 25.4 Å². The van der Waals surface area contributed by atoms with Gasteiger partial charge in [-0.2, -0.15) is 0 Å². The maximum absolute atomic E-state index is 12.3. The van der Waals surface area contributed by atoms with Crippen LogP contribution in [0, 0.1) is 0 Å². The van der Waals surface area contributed by atoms with E-state index in [-0.39, 0.29) is 30.9 Å². The zero-order valence-corrected chi connectivity index (χ0v) is 15.6. The van der Waals surface area contributed by atoms with Gasteiger partial charge in [-0.05, 0) is 22.9 Å². The summed E-state index contributed by atoms with van der Waals surface area (Å²) < 4.78 is 6.13. The third kappa shape index (κ3) is 4.17. The number of aryl methyl sites for hydroxylation is 1. The standard InChI is InChI=1S/C17H17N3O4S2/c1-24-15(22)9-12(13-3-2-7-25-13)19-14(21)4-6-20-10-18-16-11(17(20)23)5-8-26-16/h2-3,5,7-8,10,12H,4,6,9H2,1H3,(H,19,21). The van der Waals surface area contributed by atoms with Gasteiger partial charge in [0.05, 0.1) is 31.3 Å². The number of hydrogen-bond donors (Lipinski definition) is 1. The van der Waals surface area contributed by atoms with Crippen molar-refractivity contribution in [2.24, 2.45) is 0 Å². The highest BCUT2D eigenvalue weighted by Gasteiger charge is 2.20. The lowest BCUT2D eigenvalue weighted by Gasteiger charge is -2.16. The van der Waals surface area contributed by atoms with Gasteiger partial charge < -0.3 is 10.1 Å². The highest BCUT2D eigenvalue weighted by Crippen LogP contribution is 2.22. The summed E-state index contributed by atoms with van der Waals surface area (Å²) >= 11 is 2.86. The topological polar surface area (TPSA) is 90.3 Å². The molecule has 3 aromatic heterocycles. The summed E-state index contributed by atoms with van der Waals surface area (Å²) in [4.78, 5) is 42.0. The van der Waals surface area contributed by atoms with Crippen LogP contribution in [0.1, 0.15) is 23.8 Å². The molecule has 0 aliphatic carbocycles. The van der Waals surface area contributed by atoms with Crippen molar-refractivity contribution in [1.82, 2.24) is 14.9 Å². The molecular formula is C17H17N3O4S2. The molecule has 136 valence electrons. The molecule has 3 heterocycles. The van der Waals surface area contributed by atoms with Crippen LogP contribution in [-0.4, -0.2) is 28.5 Å². The fourth-order valence-corrected chi connectivity index (χ4v) is 4.00. The van der Waals surface area contributed by atoms with Gasteiger partial charge in [-0.1, -0.05) is 6.07 Å². The Morgan fingerprint density at radius 1 is 1.31 bits per heavy atom. The molecule has 0 saturated carbocycles. The van der Waals surface area contributed by atoms with Gasteiger partial charge in [0.25, 0.3) is 5.56 Å². The molecule has 0 saturated heterocycles. The number of ether oxygens (including phenoxy) is 1. The SMILES string of the molecule is COC(=O)CC(NC(=O)CCn1cnc2sccc2c1=O)c1cccs1. The van der Waals surface area contributed by atoms with Crippen LogP contribution in [0.5, 0.6) is 0 Å². The summed E-state index contributed by atoms with van der Waals surface area (Å²) in [6.07, 6.45) is 1.63. The van der Waals surface area contributed by atoms with E-state index in [2.05, 4.69) is 10.3 Å². The number of fused-ring (bicyclic) bond motifs is 1. The van der Waals surface area contributed by atoms with Gasteiger partial charge >= 0.3 is 5.97 Å². The van der Waals surface area contributed by atoms with Crippen LogP contribution in [-0.2, 0) is 20.9 Å². The lowest BCUT2D eigenvalue weighted by atomic mass is 10.1. The first-order valence-corrected chi connectivity index (χ1v) is 9.66. The van der Waals surface area contributed by atoms with Gasteiger partial charge in [-0.25, -0.2) is 4.98 Å². The van der Waals surface area contributed by atoms with E-state index >= 15 is 0 Å². The Hall–Kier alpha value is -2.52. The molecule has 0 aliphatic rings. The minimum atomic E-state index is -0.441. The summed E-state index contributed by atoms with van der Waals surface area (Å²) in [5.74, 6) is -0.642. The Kier molecular flexibility index (Phi) is 5.79. The van der Waals surface area contributed by atoms with Crippen molar-refractivity contribution < 1.29 is 14.3 Å². The first-order chi connectivity index (χ1) is 12.6. The van der Waals surface area contributed by atoms with Gasteiger partial charge in [0, 0.05) is 17.8 Å². The molecule has 0 bridgehead atoms. The highest BCUT2D eigenvalue weighted by atomic mass is 32.1. The number of aromatic nitrogens is 2. The molecule has 1 N–H and O–H groups in total. The number of carbonyl (C=O) groups is 2. The Bertz CT molecular complexity index is 962. The number of carbonyl (C=O) groups excluding carboxylic acids is 2. The minimum absolute atomic E-state index is 0.0606. The summed E-state index contributed by atoms with van der Waals surface area (Å²) in [6, 6.07) is 5.01. The van der Waals surface area contributed by atoms with Crippen LogP contribution in [0.3, 0.4) is 0 Å². The van der Waals surface area contributed by atoms with Crippen molar-refractivity contribution >= 4 is 44.8 Å². The Morgan fingerprint density at radius 2 is 2.15 bits per heavy atom.